The van der Waals surface area contributed by atoms with Crippen LogP contribution in [0, 0.1) is 0 Å². The predicted octanol–water partition coefficient (Wildman–Crippen LogP) is 1.14. The molecule has 0 aromatic heterocycles. The fourth-order valence-electron chi connectivity index (χ4n) is 0.681. The number of carbonyl (C=O) groups excluding carboxylic acids is 1. The number of methoxy groups -OCH3 is 2. The molecular weight excluding hydrogens is 144 g/mol. The minimum atomic E-state index is -0.759. The van der Waals surface area contributed by atoms with E-state index in [1.165, 1.54) is 20.3 Å². The summed E-state index contributed by atoms with van der Waals surface area (Å²) >= 11 is 0. The van der Waals surface area contributed by atoms with E-state index in [-0.39, 0.29) is 5.78 Å². The van der Waals surface area contributed by atoms with E-state index in [1.54, 1.807) is 0 Å². The maximum absolute atomic E-state index is 11.1. The molecular formula is C8H14O3. The molecule has 0 fully saturated rings. The molecule has 0 saturated carbocycles. The molecule has 0 N–H and O–H groups in total. The lowest BCUT2D eigenvalue weighted by molar-refractivity contribution is -0.151. The van der Waals surface area contributed by atoms with E-state index < -0.39 is 6.29 Å². The monoisotopic (exact) mass is 158 g/mol. The average Bonchev–Trinajstić information content (AvgIpc) is 1.88. The van der Waals surface area contributed by atoms with Crippen molar-refractivity contribution in [3.63, 3.8) is 0 Å². The zero-order chi connectivity index (χ0) is 8.85. The van der Waals surface area contributed by atoms with Gasteiger partial charge in [0.2, 0.25) is 12.1 Å². The summed E-state index contributed by atoms with van der Waals surface area (Å²) in [5.41, 5.74) is 0.939. The molecule has 0 atom stereocenters. The van der Waals surface area contributed by atoms with Crippen LogP contribution in [0.2, 0.25) is 0 Å². The van der Waals surface area contributed by atoms with E-state index >= 15 is 0 Å². The standard InChI is InChI=1S/C8H14O3/c1-6(2)5-7(9)8(10-3)11-4/h5,8H,1-4H3. The van der Waals surface area contributed by atoms with Crippen molar-refractivity contribution in [2.24, 2.45) is 0 Å². The maximum atomic E-state index is 11.1. The van der Waals surface area contributed by atoms with Crippen LogP contribution in [0.15, 0.2) is 11.6 Å². The molecule has 0 radical (unpaired) electrons. The van der Waals surface area contributed by atoms with Crippen molar-refractivity contribution in [3.8, 4) is 0 Å². The van der Waals surface area contributed by atoms with Gasteiger partial charge >= 0.3 is 0 Å². The van der Waals surface area contributed by atoms with Crippen LogP contribution in [0.3, 0.4) is 0 Å². The lowest BCUT2D eigenvalue weighted by atomic mass is 10.2. The predicted molar refractivity (Wildman–Crippen MR) is 42.2 cm³/mol. The third-order valence-electron chi connectivity index (χ3n) is 1.09. The molecule has 0 aliphatic carbocycles. The van der Waals surface area contributed by atoms with Crippen molar-refractivity contribution in [1.82, 2.24) is 0 Å². The van der Waals surface area contributed by atoms with Crippen LogP contribution >= 0.6 is 0 Å². The first-order valence-corrected chi connectivity index (χ1v) is 3.36. The zero-order valence-corrected chi connectivity index (χ0v) is 7.38. The van der Waals surface area contributed by atoms with Gasteiger partial charge in [0, 0.05) is 14.2 Å². The highest BCUT2D eigenvalue weighted by molar-refractivity contribution is 5.92. The molecule has 0 spiro atoms. The van der Waals surface area contributed by atoms with E-state index in [1.807, 2.05) is 13.8 Å². The van der Waals surface area contributed by atoms with Crippen LogP contribution in [0.25, 0.3) is 0 Å². The summed E-state index contributed by atoms with van der Waals surface area (Å²) in [4.78, 5) is 11.1. The van der Waals surface area contributed by atoms with Gasteiger partial charge in [-0.2, -0.15) is 0 Å². The maximum Gasteiger partial charge on any atom is 0.221 e. The molecule has 64 valence electrons. The van der Waals surface area contributed by atoms with E-state index in [2.05, 4.69) is 0 Å². The lowest BCUT2D eigenvalue weighted by Gasteiger charge is -2.08. The number of ether oxygens (including phenoxy) is 2. The highest BCUT2D eigenvalue weighted by Gasteiger charge is 2.12. The fourth-order valence-corrected chi connectivity index (χ4v) is 0.681. The van der Waals surface area contributed by atoms with Crippen LogP contribution in [0.1, 0.15) is 13.8 Å². The first kappa shape index (κ1) is 10.3. The van der Waals surface area contributed by atoms with Gasteiger partial charge < -0.3 is 9.47 Å². The van der Waals surface area contributed by atoms with Gasteiger partial charge in [0.15, 0.2) is 0 Å². The molecule has 11 heavy (non-hydrogen) atoms. The second kappa shape index (κ2) is 5.04. The van der Waals surface area contributed by atoms with E-state index in [0.717, 1.165) is 5.57 Å². The highest BCUT2D eigenvalue weighted by Crippen LogP contribution is 1.97. The van der Waals surface area contributed by atoms with Gasteiger partial charge in [-0.1, -0.05) is 5.57 Å². The summed E-state index contributed by atoms with van der Waals surface area (Å²) in [6.07, 6.45) is 0.738. The lowest BCUT2D eigenvalue weighted by Crippen LogP contribution is -2.23. The topological polar surface area (TPSA) is 35.5 Å². The number of ketones is 1. The second-order valence-electron chi connectivity index (χ2n) is 2.43. The number of rotatable bonds is 4. The Kier molecular flexibility index (Phi) is 4.74. The SMILES string of the molecule is COC(OC)C(=O)C=C(C)C. The Morgan fingerprint density at radius 1 is 1.27 bits per heavy atom. The largest absolute Gasteiger partial charge is 0.349 e. The van der Waals surface area contributed by atoms with E-state index in [0.29, 0.717) is 0 Å². The van der Waals surface area contributed by atoms with Gasteiger partial charge in [0.1, 0.15) is 0 Å². The normalized spacial score (nSPS) is 9.91. The van der Waals surface area contributed by atoms with Gasteiger partial charge in [0.05, 0.1) is 0 Å². The Balaban J connectivity index is 4.11. The van der Waals surface area contributed by atoms with Gasteiger partial charge in [-0.05, 0) is 19.9 Å². The Hall–Kier alpha value is -0.670. The number of hydrogen-bond acceptors (Lipinski definition) is 3. The van der Waals surface area contributed by atoms with Crippen molar-refractivity contribution in [2.45, 2.75) is 20.1 Å². The first-order chi connectivity index (χ1) is 5.11. The van der Waals surface area contributed by atoms with Crippen molar-refractivity contribution in [1.29, 1.82) is 0 Å². The minimum Gasteiger partial charge on any atom is -0.349 e. The van der Waals surface area contributed by atoms with Crippen molar-refractivity contribution >= 4 is 5.78 Å². The molecule has 0 heterocycles. The molecule has 0 bridgehead atoms. The van der Waals surface area contributed by atoms with Gasteiger partial charge in [-0.3, -0.25) is 4.79 Å². The molecule has 0 saturated heterocycles. The quantitative estimate of drug-likeness (QED) is 0.454. The number of hydrogen-bond donors (Lipinski definition) is 0. The van der Waals surface area contributed by atoms with Gasteiger partial charge in [0.25, 0.3) is 0 Å². The summed E-state index contributed by atoms with van der Waals surface area (Å²) in [6.45, 7) is 3.70. The minimum absolute atomic E-state index is 0.157. The van der Waals surface area contributed by atoms with Crippen LogP contribution in [-0.4, -0.2) is 26.3 Å². The summed E-state index contributed by atoms with van der Waals surface area (Å²) < 4.78 is 9.49. The molecule has 0 amide bonds. The molecule has 0 aromatic rings. The Bertz CT molecular complexity index is 153. The van der Waals surface area contributed by atoms with E-state index in [9.17, 15) is 4.79 Å². The van der Waals surface area contributed by atoms with Gasteiger partial charge in [-0.15, -0.1) is 0 Å². The molecule has 3 nitrogen and oxygen atoms in total. The smallest absolute Gasteiger partial charge is 0.221 e. The molecule has 0 unspecified atom stereocenters. The zero-order valence-electron chi connectivity index (χ0n) is 7.38. The molecule has 3 heteroatoms. The van der Waals surface area contributed by atoms with Gasteiger partial charge in [-0.25, -0.2) is 0 Å². The summed E-state index contributed by atoms with van der Waals surface area (Å²) in [7, 11) is 2.87. The Labute approximate surface area is 67.0 Å². The summed E-state index contributed by atoms with van der Waals surface area (Å²) in [5, 5.41) is 0. The van der Waals surface area contributed by atoms with Crippen molar-refractivity contribution < 1.29 is 14.3 Å². The average molecular weight is 158 g/mol. The Morgan fingerprint density at radius 2 is 1.73 bits per heavy atom. The van der Waals surface area contributed by atoms with Crippen LogP contribution < -0.4 is 0 Å². The first-order valence-electron chi connectivity index (χ1n) is 3.36. The number of carbonyl (C=O) groups is 1. The van der Waals surface area contributed by atoms with Crippen LogP contribution in [0.4, 0.5) is 0 Å². The fraction of sp³-hybridized carbons (Fsp3) is 0.625. The Morgan fingerprint density at radius 3 is 2.00 bits per heavy atom. The molecule has 0 aromatic carbocycles. The van der Waals surface area contributed by atoms with Crippen molar-refractivity contribution in [3.05, 3.63) is 11.6 Å². The third kappa shape index (κ3) is 3.91. The third-order valence-corrected chi connectivity index (χ3v) is 1.09. The highest BCUT2D eigenvalue weighted by atomic mass is 16.7. The van der Waals surface area contributed by atoms with E-state index in [4.69, 9.17) is 9.47 Å². The molecule has 0 aliphatic heterocycles. The van der Waals surface area contributed by atoms with Crippen LogP contribution in [0.5, 0.6) is 0 Å². The molecule has 0 aliphatic rings. The summed E-state index contributed by atoms with van der Waals surface area (Å²) in [6, 6.07) is 0. The molecule has 0 rings (SSSR count). The second-order valence-corrected chi connectivity index (χ2v) is 2.43. The summed E-state index contributed by atoms with van der Waals surface area (Å²) in [5.74, 6) is -0.157. The number of allylic oxidation sites excluding steroid dienone is 1. The van der Waals surface area contributed by atoms with Crippen LogP contribution in [-0.2, 0) is 14.3 Å². The van der Waals surface area contributed by atoms with Crippen molar-refractivity contribution in [2.75, 3.05) is 14.2 Å².